The second-order valence-corrected chi connectivity index (χ2v) is 7.08. The minimum absolute atomic E-state index is 0.392. The van der Waals surface area contributed by atoms with Crippen LogP contribution < -0.4 is 10.6 Å². The molecule has 4 atom stereocenters. The van der Waals surface area contributed by atoms with Crippen molar-refractivity contribution in [3.05, 3.63) is 23.2 Å². The lowest BCUT2D eigenvalue weighted by molar-refractivity contribution is -0.137. The Hall–Kier alpha value is -2.60. The van der Waals surface area contributed by atoms with Gasteiger partial charge in [0.15, 0.2) is 35.1 Å². The first-order valence-corrected chi connectivity index (χ1v) is 9.73. The standard InChI is InChI=1S/C17H20N6O4S/c1-3-19-16(26)12-10(24)11(25)17(27-12)23-7-20-9-14(18-2)21-13(22-15(9)23)8-4-5-28-6-8/h4-7,10-12,17,24-25H,3H2,1-2H3,(H,19,26)(H,18,21,22)/t10-,11+,12-,17+/m0/s1. The summed E-state index contributed by atoms with van der Waals surface area (Å²) < 4.78 is 7.20. The predicted octanol–water partition coefficient (Wildman–Crippen LogP) is 0.352. The van der Waals surface area contributed by atoms with Crippen LogP contribution in [-0.2, 0) is 9.53 Å². The summed E-state index contributed by atoms with van der Waals surface area (Å²) in [7, 11) is 1.73. The molecule has 0 bridgehead atoms. The van der Waals surface area contributed by atoms with Crippen LogP contribution in [0.15, 0.2) is 23.2 Å². The maximum Gasteiger partial charge on any atom is 0.252 e. The SMILES string of the molecule is CCNC(=O)[C@H]1O[C@@H](n2cnc3c(NC)nc(-c4ccsc4)nc32)[C@H](O)[C@@H]1O. The van der Waals surface area contributed by atoms with E-state index in [-0.39, 0.29) is 0 Å². The molecule has 1 saturated heterocycles. The van der Waals surface area contributed by atoms with E-state index < -0.39 is 30.4 Å². The number of hydrogen-bond acceptors (Lipinski definition) is 9. The number of fused-ring (bicyclic) bond motifs is 1. The molecule has 0 unspecified atom stereocenters. The summed E-state index contributed by atoms with van der Waals surface area (Å²) in [6.45, 7) is 2.15. The molecule has 11 heteroatoms. The molecule has 4 rings (SSSR count). The molecule has 4 heterocycles. The van der Waals surface area contributed by atoms with Crippen LogP contribution in [0.5, 0.6) is 0 Å². The summed E-state index contributed by atoms with van der Waals surface area (Å²) in [5.74, 6) is 0.539. The zero-order valence-electron chi connectivity index (χ0n) is 15.2. The number of aliphatic hydroxyl groups excluding tert-OH is 2. The highest BCUT2D eigenvalue weighted by molar-refractivity contribution is 7.08. The first kappa shape index (κ1) is 18.7. The van der Waals surface area contributed by atoms with Crippen molar-refractivity contribution in [3.8, 4) is 11.4 Å². The number of carbonyl (C=O) groups excluding carboxylic acids is 1. The third-order valence-corrected chi connectivity index (χ3v) is 5.24. The molecule has 1 amide bonds. The van der Waals surface area contributed by atoms with Gasteiger partial charge in [0.25, 0.3) is 5.91 Å². The highest BCUT2D eigenvalue weighted by Gasteiger charge is 2.47. The van der Waals surface area contributed by atoms with E-state index >= 15 is 0 Å². The second-order valence-electron chi connectivity index (χ2n) is 6.30. The smallest absolute Gasteiger partial charge is 0.252 e. The number of aliphatic hydroxyl groups is 2. The summed E-state index contributed by atoms with van der Waals surface area (Å²) in [4.78, 5) is 25.5. The number of imidazole rings is 1. The van der Waals surface area contributed by atoms with Gasteiger partial charge in [-0.3, -0.25) is 9.36 Å². The molecule has 148 valence electrons. The Morgan fingerprint density at radius 2 is 2.18 bits per heavy atom. The van der Waals surface area contributed by atoms with Gasteiger partial charge in [0.2, 0.25) is 0 Å². The van der Waals surface area contributed by atoms with Crippen LogP contribution >= 0.6 is 11.3 Å². The van der Waals surface area contributed by atoms with Gasteiger partial charge in [0.1, 0.15) is 12.2 Å². The minimum Gasteiger partial charge on any atom is -0.387 e. The van der Waals surface area contributed by atoms with Gasteiger partial charge in [-0.2, -0.15) is 11.3 Å². The molecule has 28 heavy (non-hydrogen) atoms. The van der Waals surface area contributed by atoms with Gasteiger partial charge in [-0.1, -0.05) is 0 Å². The first-order valence-electron chi connectivity index (χ1n) is 8.79. The van der Waals surface area contributed by atoms with Crippen molar-refractivity contribution in [2.24, 2.45) is 0 Å². The van der Waals surface area contributed by atoms with Crippen LogP contribution in [0.1, 0.15) is 13.2 Å². The lowest BCUT2D eigenvalue weighted by Crippen LogP contribution is -2.42. The molecule has 0 radical (unpaired) electrons. The number of nitrogens with one attached hydrogen (secondary N) is 2. The fraction of sp³-hybridized carbons (Fsp3) is 0.412. The zero-order chi connectivity index (χ0) is 19.8. The van der Waals surface area contributed by atoms with Gasteiger partial charge in [-0.25, -0.2) is 15.0 Å². The van der Waals surface area contributed by atoms with E-state index in [0.717, 1.165) is 5.56 Å². The van der Waals surface area contributed by atoms with E-state index in [2.05, 4.69) is 25.6 Å². The minimum atomic E-state index is -1.36. The van der Waals surface area contributed by atoms with Crippen LogP contribution in [0.3, 0.4) is 0 Å². The number of anilines is 1. The van der Waals surface area contributed by atoms with Gasteiger partial charge < -0.3 is 25.6 Å². The average molecular weight is 404 g/mol. The Kier molecular flexibility index (Phi) is 4.98. The number of carbonyl (C=O) groups is 1. The Labute approximate surface area is 164 Å². The summed E-state index contributed by atoms with van der Waals surface area (Å²) in [6, 6.07) is 1.90. The number of aromatic nitrogens is 4. The molecule has 0 aromatic carbocycles. The van der Waals surface area contributed by atoms with Crippen LogP contribution in [0.4, 0.5) is 5.82 Å². The van der Waals surface area contributed by atoms with Gasteiger partial charge in [-0.05, 0) is 18.4 Å². The molecule has 0 spiro atoms. The van der Waals surface area contributed by atoms with Crippen molar-refractivity contribution in [2.45, 2.75) is 31.5 Å². The zero-order valence-corrected chi connectivity index (χ0v) is 16.1. The van der Waals surface area contributed by atoms with E-state index in [1.54, 1.807) is 14.0 Å². The second kappa shape index (κ2) is 7.43. The first-order chi connectivity index (χ1) is 13.5. The fourth-order valence-corrected chi connectivity index (χ4v) is 3.81. The van der Waals surface area contributed by atoms with Crippen molar-refractivity contribution < 1.29 is 19.7 Å². The molecule has 10 nitrogen and oxygen atoms in total. The van der Waals surface area contributed by atoms with Crippen LogP contribution in [0, 0.1) is 0 Å². The molecule has 4 N–H and O–H groups in total. The molecule has 1 fully saturated rings. The monoisotopic (exact) mass is 404 g/mol. The highest BCUT2D eigenvalue weighted by atomic mass is 32.1. The van der Waals surface area contributed by atoms with Gasteiger partial charge >= 0.3 is 0 Å². The summed E-state index contributed by atoms with van der Waals surface area (Å²) >= 11 is 1.53. The van der Waals surface area contributed by atoms with Crippen molar-refractivity contribution in [1.29, 1.82) is 0 Å². The molecule has 0 saturated carbocycles. The number of nitrogens with zero attached hydrogens (tertiary/aromatic N) is 4. The molecule has 3 aromatic rings. The molecule has 3 aromatic heterocycles. The largest absolute Gasteiger partial charge is 0.387 e. The molecular formula is C17H20N6O4S. The Morgan fingerprint density at radius 1 is 1.36 bits per heavy atom. The van der Waals surface area contributed by atoms with Gasteiger partial charge in [-0.15, -0.1) is 0 Å². The molecule has 1 aliphatic heterocycles. The Morgan fingerprint density at radius 3 is 2.86 bits per heavy atom. The van der Waals surface area contributed by atoms with Crippen molar-refractivity contribution in [3.63, 3.8) is 0 Å². The number of amides is 1. The lowest BCUT2D eigenvalue weighted by atomic mass is 10.1. The number of thiophene rings is 1. The quantitative estimate of drug-likeness (QED) is 0.479. The van der Waals surface area contributed by atoms with Crippen LogP contribution in [-0.4, -0.2) is 67.5 Å². The third-order valence-electron chi connectivity index (χ3n) is 4.56. The van der Waals surface area contributed by atoms with Crippen molar-refractivity contribution in [1.82, 2.24) is 24.8 Å². The highest BCUT2D eigenvalue weighted by Crippen LogP contribution is 2.33. The van der Waals surface area contributed by atoms with Crippen molar-refractivity contribution >= 4 is 34.2 Å². The number of likely N-dealkylation sites (N-methyl/N-ethyl adjacent to an activating group) is 1. The Balaban J connectivity index is 1.77. The molecule has 0 aliphatic carbocycles. The van der Waals surface area contributed by atoms with E-state index in [1.165, 1.54) is 22.2 Å². The lowest BCUT2D eigenvalue weighted by Gasteiger charge is -2.16. The van der Waals surface area contributed by atoms with Crippen LogP contribution in [0.25, 0.3) is 22.6 Å². The maximum atomic E-state index is 12.1. The topological polar surface area (TPSA) is 134 Å². The van der Waals surface area contributed by atoms with Gasteiger partial charge in [0, 0.05) is 24.5 Å². The van der Waals surface area contributed by atoms with E-state index in [4.69, 9.17) is 4.74 Å². The number of rotatable bonds is 5. The van der Waals surface area contributed by atoms with E-state index in [1.807, 2.05) is 16.8 Å². The number of ether oxygens (including phenoxy) is 1. The predicted molar refractivity (Wildman–Crippen MR) is 103 cm³/mol. The Bertz CT molecular complexity index is 991. The maximum absolute atomic E-state index is 12.1. The summed E-state index contributed by atoms with van der Waals surface area (Å²) in [6.07, 6.45) is -3.42. The van der Waals surface area contributed by atoms with E-state index in [0.29, 0.717) is 29.4 Å². The normalized spacial score (nSPS) is 24.6. The molecule has 1 aliphatic rings. The third kappa shape index (κ3) is 3.02. The average Bonchev–Trinajstić information content (AvgIpc) is 3.42. The van der Waals surface area contributed by atoms with Gasteiger partial charge in [0.05, 0.1) is 6.33 Å². The molecular weight excluding hydrogens is 384 g/mol. The fourth-order valence-electron chi connectivity index (χ4n) is 3.18. The summed E-state index contributed by atoms with van der Waals surface area (Å²) in [5, 5.41) is 30.2. The number of hydrogen-bond donors (Lipinski definition) is 4. The summed E-state index contributed by atoms with van der Waals surface area (Å²) in [5.41, 5.74) is 1.77. The van der Waals surface area contributed by atoms with E-state index in [9.17, 15) is 15.0 Å². The van der Waals surface area contributed by atoms with Crippen molar-refractivity contribution in [2.75, 3.05) is 18.9 Å². The van der Waals surface area contributed by atoms with Crippen LogP contribution in [0.2, 0.25) is 0 Å².